The lowest BCUT2D eigenvalue weighted by Gasteiger charge is -2.65. The van der Waals surface area contributed by atoms with E-state index in [9.17, 15) is 44.4 Å². The number of ketones is 1. The summed E-state index contributed by atoms with van der Waals surface area (Å²) in [7, 11) is 0. The molecule has 0 radical (unpaired) electrons. The molecule has 2 unspecified atom stereocenters. The lowest BCUT2D eigenvalue weighted by Crippen LogP contribution is -2.75. The van der Waals surface area contributed by atoms with E-state index in [-0.39, 0.29) is 6.42 Å². The van der Waals surface area contributed by atoms with Crippen molar-refractivity contribution in [3.05, 3.63) is 0 Å². The molecule has 0 aromatic carbocycles. The molecule has 5 aliphatic carbocycles. The molecule has 3 saturated heterocycles. The smallest absolute Gasteiger partial charge is 0.341 e. The van der Waals surface area contributed by atoms with E-state index in [4.69, 9.17) is 28.4 Å². The molecule has 5 saturated carbocycles. The molecular weight excluding hydrogens is 648 g/mol. The van der Waals surface area contributed by atoms with E-state index in [0.29, 0.717) is 0 Å². The molecule has 15 nitrogen and oxygen atoms in total. The van der Waals surface area contributed by atoms with E-state index in [0.717, 1.165) is 13.8 Å². The number of hydrogen-bond donors (Lipinski definition) is 4. The van der Waals surface area contributed by atoms with Gasteiger partial charge in [0, 0.05) is 67.1 Å². The van der Waals surface area contributed by atoms with Crippen LogP contribution in [0.3, 0.4) is 0 Å². The second-order valence-corrected chi connectivity index (χ2v) is 16.8. The molecule has 0 aromatic heterocycles. The molecule has 49 heavy (non-hydrogen) atoms. The summed E-state index contributed by atoms with van der Waals surface area (Å²) >= 11 is 0. The number of hydrogen-bond acceptors (Lipinski definition) is 15. The third kappa shape index (κ3) is 3.52. The number of esters is 4. The second kappa shape index (κ2) is 9.39. The number of fused-ring (bicyclic) bond motifs is 9. The van der Waals surface area contributed by atoms with Crippen LogP contribution in [-0.2, 0) is 52.4 Å². The summed E-state index contributed by atoms with van der Waals surface area (Å²) in [5, 5.41) is 49.2. The fourth-order valence-electron chi connectivity index (χ4n) is 12.9. The van der Waals surface area contributed by atoms with Crippen molar-refractivity contribution in [3.63, 3.8) is 0 Å². The number of carbonyl (C=O) groups excluding carboxylic acids is 5. The fourth-order valence-corrected chi connectivity index (χ4v) is 12.9. The first-order valence-corrected chi connectivity index (χ1v) is 17.0. The van der Waals surface area contributed by atoms with Crippen LogP contribution in [0.4, 0.5) is 0 Å². The molecule has 3 heterocycles. The monoisotopic (exact) mass is 692 g/mol. The fraction of sp³-hybridized carbons (Fsp3) is 0.853. The molecule has 8 rings (SSSR count). The van der Waals surface area contributed by atoms with Gasteiger partial charge in [-0.05, 0) is 27.2 Å². The Balaban J connectivity index is 1.40. The van der Waals surface area contributed by atoms with Crippen LogP contribution in [0.15, 0.2) is 0 Å². The summed E-state index contributed by atoms with van der Waals surface area (Å²) in [6.45, 7) is 11.2. The minimum atomic E-state index is -2.24. The predicted octanol–water partition coefficient (Wildman–Crippen LogP) is -0.832. The van der Waals surface area contributed by atoms with Gasteiger partial charge in [0.25, 0.3) is 5.79 Å². The SMILES string of the molecule is CC(=O)O[C@H]1C2C([C@@H]3[C@@H](O)[C@@H]4[C@H]([C@](C)(O)[C@H]5O[C@]56OC(=O)[C@@](C)(O)[C@]46C)[C@@]3(C)[C@H]1OC(C)=O)[C@@H](O)C(=O)[C@H]1C[C@@H]3O[C@@H]3[C@H](OC(C)=O)[C@]21C. The van der Waals surface area contributed by atoms with Gasteiger partial charge in [-0.15, -0.1) is 0 Å². The van der Waals surface area contributed by atoms with Crippen molar-refractivity contribution in [1.82, 2.24) is 0 Å². The summed E-state index contributed by atoms with van der Waals surface area (Å²) in [5.74, 6) is -12.4. The summed E-state index contributed by atoms with van der Waals surface area (Å²) in [6, 6.07) is 0. The van der Waals surface area contributed by atoms with Crippen molar-refractivity contribution < 1.29 is 72.8 Å². The number of ether oxygens (including phenoxy) is 6. The summed E-state index contributed by atoms with van der Waals surface area (Å²) in [5.41, 5.74) is -8.82. The topological polar surface area (TPSA) is 228 Å². The predicted molar refractivity (Wildman–Crippen MR) is 157 cm³/mol. The Hall–Kier alpha value is -2.69. The second-order valence-electron chi connectivity index (χ2n) is 16.8. The molecule has 20 atom stereocenters. The number of carbonyl (C=O) groups is 5. The maximum absolute atomic E-state index is 14.4. The van der Waals surface area contributed by atoms with Crippen molar-refractivity contribution in [2.24, 2.45) is 51.8 Å². The average molecular weight is 693 g/mol. The number of aliphatic hydroxyl groups excluding tert-OH is 2. The van der Waals surface area contributed by atoms with E-state index >= 15 is 0 Å². The van der Waals surface area contributed by atoms with Gasteiger partial charge >= 0.3 is 23.9 Å². The molecule has 270 valence electrons. The van der Waals surface area contributed by atoms with E-state index in [2.05, 4.69) is 0 Å². The first kappa shape index (κ1) is 33.5. The Kier molecular flexibility index (Phi) is 6.41. The van der Waals surface area contributed by atoms with Crippen molar-refractivity contribution in [3.8, 4) is 0 Å². The quantitative estimate of drug-likeness (QED) is 0.161. The van der Waals surface area contributed by atoms with Crippen LogP contribution < -0.4 is 0 Å². The zero-order valence-electron chi connectivity index (χ0n) is 28.6. The third-order valence-corrected chi connectivity index (χ3v) is 14.7. The molecule has 0 aromatic rings. The molecular formula is C34H44O15. The highest BCUT2D eigenvalue weighted by Crippen LogP contribution is 2.81. The molecule has 3 aliphatic heterocycles. The maximum atomic E-state index is 14.4. The standard InChI is InChI=1S/C34H44O15/c1-10(35)44-23-17-15(20(39)19(38)13-9-14-22(47-14)25(29(13,17)4)45-11(2)36)16-21(40)18-24(30(16,5)26(23)46-12(3)37)31(6,42)27-34(48-27)32(18,7)33(8,43)28(41)49-34/h13-18,20-27,39-40,42-43H,9H2,1-8H3/t13-,14+,15?,16-,17?,18-,20-,21-,22+,23+,24+,25+,26+,27-,29+,30+,31+,32+,33-,34+/m1/s1. The largest absolute Gasteiger partial charge is 0.459 e. The first-order chi connectivity index (χ1) is 22.6. The van der Waals surface area contributed by atoms with Gasteiger partial charge in [0.05, 0.1) is 23.2 Å². The zero-order valence-corrected chi connectivity index (χ0v) is 28.6. The zero-order chi connectivity index (χ0) is 35.9. The Morgan fingerprint density at radius 3 is 2.00 bits per heavy atom. The number of epoxide rings is 2. The van der Waals surface area contributed by atoms with E-state index in [1.807, 2.05) is 0 Å². The van der Waals surface area contributed by atoms with Crippen LogP contribution in [0.5, 0.6) is 0 Å². The van der Waals surface area contributed by atoms with Crippen LogP contribution >= 0.6 is 0 Å². The van der Waals surface area contributed by atoms with Crippen molar-refractivity contribution in [1.29, 1.82) is 0 Å². The molecule has 1 spiro atoms. The van der Waals surface area contributed by atoms with Gasteiger partial charge in [0.1, 0.15) is 30.5 Å². The number of rotatable bonds is 3. The molecule has 0 amide bonds. The number of Topliss-reactive ketones (excluding diaryl/α,β-unsaturated/α-hetero) is 1. The van der Waals surface area contributed by atoms with Crippen LogP contribution in [0.25, 0.3) is 0 Å². The van der Waals surface area contributed by atoms with Gasteiger partial charge in [-0.1, -0.05) is 13.8 Å². The Bertz CT molecular complexity index is 1590. The Morgan fingerprint density at radius 2 is 1.41 bits per heavy atom. The molecule has 8 fully saturated rings. The normalized spacial score (nSPS) is 60.2. The maximum Gasteiger partial charge on any atom is 0.341 e. The first-order valence-electron chi connectivity index (χ1n) is 17.0. The van der Waals surface area contributed by atoms with E-state index < -0.39 is 147 Å². The minimum Gasteiger partial charge on any atom is -0.459 e. The van der Waals surface area contributed by atoms with Crippen LogP contribution in [-0.4, -0.2) is 116 Å². The highest BCUT2D eigenvalue weighted by molar-refractivity contribution is 5.88. The van der Waals surface area contributed by atoms with E-state index in [1.54, 1.807) is 20.8 Å². The average Bonchev–Trinajstić information content (AvgIpc) is 3.88. The molecule has 4 N–H and O–H groups in total. The van der Waals surface area contributed by atoms with Gasteiger partial charge < -0.3 is 48.8 Å². The van der Waals surface area contributed by atoms with E-state index in [1.165, 1.54) is 20.8 Å². The molecule has 8 aliphatic rings. The van der Waals surface area contributed by atoms with Crippen LogP contribution in [0, 0.1) is 51.8 Å². The highest BCUT2D eigenvalue weighted by Gasteiger charge is 2.95. The van der Waals surface area contributed by atoms with Crippen molar-refractivity contribution in [2.45, 2.75) is 128 Å². The van der Waals surface area contributed by atoms with Gasteiger partial charge in [-0.3, -0.25) is 19.2 Å². The minimum absolute atomic E-state index is 0.190. The van der Waals surface area contributed by atoms with Crippen LogP contribution in [0.1, 0.15) is 61.8 Å². The molecule has 0 bridgehead atoms. The van der Waals surface area contributed by atoms with Gasteiger partial charge in [-0.25, -0.2) is 4.79 Å². The summed E-state index contributed by atoms with van der Waals surface area (Å²) in [6.07, 6.45) is -9.16. The summed E-state index contributed by atoms with van der Waals surface area (Å²) in [4.78, 5) is 66.3. The third-order valence-electron chi connectivity index (χ3n) is 14.7. The number of aliphatic hydroxyl groups is 4. The lowest BCUT2D eigenvalue weighted by atomic mass is 9.40. The highest BCUT2D eigenvalue weighted by atomic mass is 16.8. The Morgan fingerprint density at radius 1 is 0.816 bits per heavy atom. The van der Waals surface area contributed by atoms with Crippen molar-refractivity contribution in [2.75, 3.05) is 0 Å². The van der Waals surface area contributed by atoms with Gasteiger partial charge in [0.15, 0.2) is 17.5 Å². The van der Waals surface area contributed by atoms with Gasteiger partial charge in [-0.2, -0.15) is 0 Å². The van der Waals surface area contributed by atoms with Crippen LogP contribution in [0.2, 0.25) is 0 Å². The van der Waals surface area contributed by atoms with Crippen molar-refractivity contribution >= 4 is 29.7 Å². The Labute approximate surface area is 281 Å². The molecule has 15 heteroatoms. The summed E-state index contributed by atoms with van der Waals surface area (Å²) < 4.78 is 35.7. The van der Waals surface area contributed by atoms with Gasteiger partial charge in [0.2, 0.25) is 0 Å². The lowest BCUT2D eigenvalue weighted by molar-refractivity contribution is -0.279.